The Morgan fingerprint density at radius 2 is 1.67 bits per heavy atom. The number of ether oxygens (including phenoxy) is 3. The minimum absolute atomic E-state index is 0.0370. The average molecular weight is 389 g/mol. The number of carbonyl (C=O) groups excluding carboxylic acids is 1. The number of phenols is 1. The Balaban J connectivity index is 0. The minimum atomic E-state index is -0.728. The maximum atomic E-state index is 10.2. The van der Waals surface area contributed by atoms with Crippen molar-refractivity contribution in [2.45, 2.75) is 66.0 Å². The molecule has 0 heterocycles. The maximum Gasteiger partial charge on any atom is 0.161 e. The van der Waals surface area contributed by atoms with Gasteiger partial charge >= 0.3 is 0 Å². The van der Waals surface area contributed by atoms with E-state index in [-0.39, 0.29) is 12.0 Å². The molecule has 0 aromatic heterocycles. The number of carbonyl (C=O) groups is 1. The van der Waals surface area contributed by atoms with Crippen LogP contribution < -0.4 is 4.74 Å². The summed E-state index contributed by atoms with van der Waals surface area (Å²) in [5, 5.41) is 26.8. The second-order valence-corrected chi connectivity index (χ2v) is 6.39. The number of phenolic OH excluding ortho intramolecular Hbond substituents is 1. The van der Waals surface area contributed by atoms with Crippen LogP contribution in [-0.2, 0) is 9.47 Å². The van der Waals surface area contributed by atoms with E-state index < -0.39 is 11.7 Å². The van der Waals surface area contributed by atoms with Gasteiger partial charge in [-0.15, -0.1) is 0 Å². The second-order valence-electron chi connectivity index (χ2n) is 6.39. The lowest BCUT2D eigenvalue weighted by Crippen LogP contribution is -2.24. The first-order chi connectivity index (χ1) is 12.5. The lowest BCUT2D eigenvalue weighted by atomic mass is 10.0. The molecule has 3 N–H and O–H groups in total. The van der Waals surface area contributed by atoms with E-state index in [0.29, 0.717) is 24.0 Å². The molecule has 7 nitrogen and oxygen atoms in total. The molecule has 0 aliphatic heterocycles. The maximum absolute atomic E-state index is 10.2. The predicted octanol–water partition coefficient (Wildman–Crippen LogP) is 3.15. The quantitative estimate of drug-likeness (QED) is 0.464. The van der Waals surface area contributed by atoms with Gasteiger partial charge < -0.3 is 29.5 Å². The lowest BCUT2D eigenvalue weighted by Gasteiger charge is -2.17. The number of hydrogen-bond donors (Lipinski definition) is 3. The van der Waals surface area contributed by atoms with Gasteiger partial charge in [-0.25, -0.2) is 0 Å². The van der Waals surface area contributed by atoms with Crippen molar-refractivity contribution in [1.29, 1.82) is 0 Å². The summed E-state index contributed by atoms with van der Waals surface area (Å²) in [6, 6.07) is 4.41. The topological polar surface area (TPSA) is 105 Å². The van der Waals surface area contributed by atoms with Gasteiger partial charge in [0.15, 0.2) is 17.8 Å². The van der Waals surface area contributed by atoms with Gasteiger partial charge in [-0.3, -0.25) is 4.79 Å². The zero-order valence-corrected chi connectivity index (χ0v) is 17.6. The van der Waals surface area contributed by atoms with E-state index in [2.05, 4.69) is 0 Å². The van der Waals surface area contributed by atoms with Crippen LogP contribution in [0.4, 0.5) is 0 Å². The Morgan fingerprint density at radius 3 is 1.96 bits per heavy atom. The van der Waals surface area contributed by atoms with Gasteiger partial charge in [0.2, 0.25) is 0 Å². The van der Waals surface area contributed by atoms with Gasteiger partial charge in [0.05, 0.1) is 18.8 Å². The molecule has 0 spiro atoms. The molecule has 0 saturated heterocycles. The molecule has 0 aliphatic rings. The molecule has 0 saturated carbocycles. The van der Waals surface area contributed by atoms with Gasteiger partial charge in [0.25, 0.3) is 0 Å². The summed E-state index contributed by atoms with van der Waals surface area (Å²) >= 11 is 0. The molecule has 1 unspecified atom stereocenters. The first kappa shape index (κ1) is 27.5. The highest BCUT2D eigenvalue weighted by Gasteiger charge is 2.14. The fourth-order valence-corrected chi connectivity index (χ4v) is 2.01. The lowest BCUT2D eigenvalue weighted by molar-refractivity contribution is -0.123. The van der Waals surface area contributed by atoms with E-state index in [9.17, 15) is 4.79 Å². The molecule has 158 valence electrons. The number of aromatic hydroxyl groups is 1. The van der Waals surface area contributed by atoms with Crippen LogP contribution in [-0.4, -0.2) is 59.9 Å². The van der Waals surface area contributed by atoms with E-state index in [4.69, 9.17) is 29.5 Å². The Hall–Kier alpha value is -1.67. The fourth-order valence-electron chi connectivity index (χ4n) is 2.01. The molecule has 0 amide bonds. The largest absolute Gasteiger partial charge is 0.504 e. The number of aliphatic hydroxyl groups excluding tert-OH is 1. The number of rotatable bonds is 8. The van der Waals surface area contributed by atoms with Crippen LogP contribution in [0.25, 0.3) is 0 Å². The summed E-state index contributed by atoms with van der Waals surface area (Å²) in [4.78, 5) is 10.2. The summed E-state index contributed by atoms with van der Waals surface area (Å²) in [7, 11) is 1.43. The van der Waals surface area contributed by atoms with E-state index in [1.54, 1.807) is 20.8 Å². The molecule has 0 fully saturated rings. The predicted molar refractivity (Wildman–Crippen MR) is 105 cm³/mol. The highest BCUT2D eigenvalue weighted by Crippen LogP contribution is 2.25. The van der Waals surface area contributed by atoms with Gasteiger partial charge in [-0.1, -0.05) is 0 Å². The van der Waals surface area contributed by atoms with E-state index >= 15 is 0 Å². The zero-order valence-electron chi connectivity index (χ0n) is 17.6. The van der Waals surface area contributed by atoms with Crippen molar-refractivity contribution in [3.05, 3.63) is 23.8 Å². The van der Waals surface area contributed by atoms with Crippen LogP contribution >= 0.6 is 0 Å². The van der Waals surface area contributed by atoms with Crippen LogP contribution in [0.1, 0.15) is 58.3 Å². The molecule has 1 rings (SSSR count). The van der Waals surface area contributed by atoms with Crippen molar-refractivity contribution in [1.82, 2.24) is 0 Å². The van der Waals surface area contributed by atoms with Crippen molar-refractivity contribution in [2.75, 3.05) is 20.3 Å². The van der Waals surface area contributed by atoms with Gasteiger partial charge in [0, 0.05) is 25.2 Å². The molecule has 0 bridgehead atoms. The van der Waals surface area contributed by atoms with Crippen molar-refractivity contribution in [2.24, 2.45) is 0 Å². The summed E-state index contributed by atoms with van der Waals surface area (Å²) in [5.74, 6) is 0.354. The highest BCUT2D eigenvalue weighted by atomic mass is 16.7. The number of hydrogen-bond acceptors (Lipinski definition) is 7. The number of aldehydes is 1. The molecule has 1 aromatic rings. The summed E-state index contributed by atoms with van der Waals surface area (Å²) < 4.78 is 14.9. The third-order valence-electron chi connectivity index (χ3n) is 2.94. The third-order valence-corrected chi connectivity index (χ3v) is 2.94. The van der Waals surface area contributed by atoms with Crippen LogP contribution in [0, 0.1) is 0 Å². The van der Waals surface area contributed by atoms with E-state index in [0.717, 1.165) is 13.2 Å². The molecular formula is C20H36O7. The smallest absolute Gasteiger partial charge is 0.161 e. The molecule has 1 atom stereocenters. The van der Waals surface area contributed by atoms with E-state index in [1.807, 2.05) is 20.8 Å². The van der Waals surface area contributed by atoms with Gasteiger partial charge in [-0.2, -0.15) is 0 Å². The average Bonchev–Trinajstić information content (AvgIpc) is 2.54. The standard InChI is InChI=1S/C8H8O3.2C6H14O2/c1-11-8-4-6(5-9)2-3-7(8)10;1-5(7)4-6(2,3)8;1-4-7-6(3)8-5-2/h2-5,10H,1H3;5,7-8H,4H2,1-3H3;6H,4-5H2,1-3H3. The number of benzene rings is 1. The third kappa shape index (κ3) is 17.5. The highest BCUT2D eigenvalue weighted by molar-refractivity contribution is 5.76. The number of aliphatic hydroxyl groups is 2. The van der Waals surface area contributed by atoms with Gasteiger partial charge in [0.1, 0.15) is 6.29 Å². The SMILES string of the molecule is CC(O)CC(C)(C)O.CCOC(C)OCC.COc1cc(C=O)ccc1O. The molecule has 1 aromatic carbocycles. The summed E-state index contributed by atoms with van der Waals surface area (Å²) in [6.07, 6.45) is 0.689. The zero-order chi connectivity index (χ0) is 21.5. The van der Waals surface area contributed by atoms with E-state index in [1.165, 1.54) is 25.3 Å². The Bertz CT molecular complexity index is 490. The van der Waals surface area contributed by atoms with Crippen molar-refractivity contribution >= 4 is 6.29 Å². The molecular weight excluding hydrogens is 352 g/mol. The van der Waals surface area contributed by atoms with Crippen LogP contribution in [0.2, 0.25) is 0 Å². The van der Waals surface area contributed by atoms with Crippen molar-refractivity contribution in [3.63, 3.8) is 0 Å². The monoisotopic (exact) mass is 388 g/mol. The Morgan fingerprint density at radius 1 is 1.15 bits per heavy atom. The Kier molecular flexibility index (Phi) is 15.7. The minimum Gasteiger partial charge on any atom is -0.504 e. The van der Waals surface area contributed by atoms with Crippen molar-refractivity contribution in [3.8, 4) is 11.5 Å². The molecule has 0 radical (unpaired) electrons. The van der Waals surface area contributed by atoms with Gasteiger partial charge in [-0.05, 0) is 59.7 Å². The van der Waals surface area contributed by atoms with Crippen LogP contribution in [0.5, 0.6) is 11.5 Å². The molecule has 0 aliphatic carbocycles. The first-order valence-corrected chi connectivity index (χ1v) is 8.96. The molecule has 27 heavy (non-hydrogen) atoms. The van der Waals surface area contributed by atoms with Crippen LogP contribution in [0.15, 0.2) is 18.2 Å². The normalized spacial score (nSPS) is 11.6. The fraction of sp³-hybridized carbons (Fsp3) is 0.650. The van der Waals surface area contributed by atoms with Crippen LogP contribution in [0.3, 0.4) is 0 Å². The number of methoxy groups -OCH3 is 1. The first-order valence-electron chi connectivity index (χ1n) is 8.96. The summed E-state index contributed by atoms with van der Waals surface area (Å²) in [6.45, 7) is 12.3. The Labute approximate surface area is 162 Å². The van der Waals surface area contributed by atoms with Crippen molar-refractivity contribution < 1.29 is 34.3 Å². The molecule has 7 heteroatoms. The summed E-state index contributed by atoms with van der Waals surface area (Å²) in [5.41, 5.74) is -0.242. The second kappa shape index (κ2) is 15.4.